The first-order chi connectivity index (χ1) is 5.88. The number of fused-ring (bicyclic) bond motifs is 1. The fraction of sp³-hybridized carbons (Fsp3) is 0.375. The van der Waals surface area contributed by atoms with Crippen molar-refractivity contribution in [3.05, 3.63) is 18.1 Å². The first-order valence-corrected chi connectivity index (χ1v) is 3.91. The van der Waals surface area contributed by atoms with E-state index in [1.54, 1.807) is 12.4 Å². The Bertz CT molecular complexity index is 356. The SMILES string of the molecule is CC.Cc1noc2nccnc12. The highest BCUT2D eigenvalue weighted by Gasteiger charge is 2.02. The summed E-state index contributed by atoms with van der Waals surface area (Å²) < 4.78 is 4.83. The molecule has 0 spiro atoms. The molecule has 0 radical (unpaired) electrons. The molecular weight excluding hydrogens is 154 g/mol. The minimum Gasteiger partial charge on any atom is -0.334 e. The summed E-state index contributed by atoms with van der Waals surface area (Å²) in [5.74, 6) is 0. The second kappa shape index (κ2) is 3.80. The zero-order chi connectivity index (χ0) is 8.97. The first-order valence-electron chi connectivity index (χ1n) is 3.91. The molecular formula is C8H11N3O. The summed E-state index contributed by atoms with van der Waals surface area (Å²) in [5, 5.41) is 3.70. The Kier molecular flexibility index (Phi) is 2.74. The van der Waals surface area contributed by atoms with Crippen LogP contribution in [0.4, 0.5) is 0 Å². The molecule has 2 aromatic rings. The molecule has 0 unspecified atom stereocenters. The molecule has 12 heavy (non-hydrogen) atoms. The molecule has 0 amide bonds. The van der Waals surface area contributed by atoms with Crippen molar-refractivity contribution in [3.8, 4) is 0 Å². The van der Waals surface area contributed by atoms with Gasteiger partial charge in [0.15, 0.2) is 5.52 Å². The molecule has 4 nitrogen and oxygen atoms in total. The predicted octanol–water partition coefficient (Wildman–Crippen LogP) is 1.95. The van der Waals surface area contributed by atoms with E-state index in [4.69, 9.17) is 4.52 Å². The number of aryl methyl sites for hydroxylation is 1. The molecule has 0 saturated heterocycles. The Labute approximate surface area is 70.6 Å². The van der Waals surface area contributed by atoms with Crippen LogP contribution >= 0.6 is 0 Å². The third kappa shape index (κ3) is 1.42. The summed E-state index contributed by atoms with van der Waals surface area (Å²) in [6.45, 7) is 5.83. The van der Waals surface area contributed by atoms with Crippen LogP contribution in [0.25, 0.3) is 11.2 Å². The van der Waals surface area contributed by atoms with Crippen molar-refractivity contribution in [2.24, 2.45) is 0 Å². The largest absolute Gasteiger partial charge is 0.334 e. The van der Waals surface area contributed by atoms with E-state index < -0.39 is 0 Å². The molecule has 2 heterocycles. The van der Waals surface area contributed by atoms with E-state index in [0.717, 1.165) is 11.2 Å². The van der Waals surface area contributed by atoms with Gasteiger partial charge in [-0.3, -0.25) is 0 Å². The van der Waals surface area contributed by atoms with E-state index in [1.165, 1.54) is 0 Å². The molecule has 0 aliphatic heterocycles. The summed E-state index contributed by atoms with van der Waals surface area (Å²) in [4.78, 5) is 7.93. The maximum atomic E-state index is 4.83. The number of hydrogen-bond acceptors (Lipinski definition) is 4. The first kappa shape index (κ1) is 8.64. The van der Waals surface area contributed by atoms with Crippen molar-refractivity contribution < 1.29 is 4.52 Å². The highest BCUT2D eigenvalue weighted by atomic mass is 16.5. The number of hydrogen-bond donors (Lipinski definition) is 0. The summed E-state index contributed by atoms with van der Waals surface area (Å²) in [6, 6.07) is 0. The van der Waals surface area contributed by atoms with Crippen LogP contribution in [-0.4, -0.2) is 15.1 Å². The third-order valence-electron chi connectivity index (χ3n) is 1.28. The average molecular weight is 165 g/mol. The molecule has 0 aromatic carbocycles. The zero-order valence-electron chi connectivity index (χ0n) is 7.40. The maximum absolute atomic E-state index is 4.83. The lowest BCUT2D eigenvalue weighted by atomic mass is 10.4. The van der Waals surface area contributed by atoms with E-state index in [1.807, 2.05) is 20.8 Å². The summed E-state index contributed by atoms with van der Waals surface area (Å²) in [6.07, 6.45) is 3.19. The predicted molar refractivity (Wildman–Crippen MR) is 45.7 cm³/mol. The summed E-state index contributed by atoms with van der Waals surface area (Å²) in [7, 11) is 0. The van der Waals surface area contributed by atoms with E-state index in [2.05, 4.69) is 15.1 Å². The Hall–Kier alpha value is -1.45. The molecule has 0 aliphatic rings. The van der Waals surface area contributed by atoms with Crippen molar-refractivity contribution in [2.45, 2.75) is 20.8 Å². The standard InChI is InChI=1S/C6H5N3O.C2H6/c1-4-5-6(10-9-4)8-3-2-7-5;1-2/h2-3H,1H3;1-2H3. The molecule has 0 aliphatic carbocycles. The van der Waals surface area contributed by atoms with Gasteiger partial charge in [-0.15, -0.1) is 0 Å². The molecule has 2 rings (SSSR count). The second-order valence-corrected chi connectivity index (χ2v) is 1.98. The van der Waals surface area contributed by atoms with Gasteiger partial charge in [0, 0.05) is 12.4 Å². The van der Waals surface area contributed by atoms with Gasteiger partial charge in [0.05, 0.1) is 0 Å². The van der Waals surface area contributed by atoms with Crippen LogP contribution in [0, 0.1) is 6.92 Å². The molecule has 64 valence electrons. The zero-order valence-corrected chi connectivity index (χ0v) is 7.40. The van der Waals surface area contributed by atoms with E-state index in [-0.39, 0.29) is 0 Å². The van der Waals surface area contributed by atoms with Crippen LogP contribution in [0.5, 0.6) is 0 Å². The molecule has 2 aromatic heterocycles. The van der Waals surface area contributed by atoms with Crippen LogP contribution in [0.2, 0.25) is 0 Å². The molecule has 0 saturated carbocycles. The van der Waals surface area contributed by atoms with Gasteiger partial charge in [-0.1, -0.05) is 19.0 Å². The highest BCUT2D eigenvalue weighted by molar-refractivity contribution is 5.69. The van der Waals surface area contributed by atoms with Crippen molar-refractivity contribution in [2.75, 3.05) is 0 Å². The average Bonchev–Trinajstić information content (AvgIpc) is 2.53. The monoisotopic (exact) mass is 165 g/mol. The Morgan fingerprint density at radius 3 is 2.50 bits per heavy atom. The fourth-order valence-corrected chi connectivity index (χ4v) is 0.795. The Morgan fingerprint density at radius 1 is 1.17 bits per heavy atom. The number of nitrogens with zero attached hydrogens (tertiary/aromatic N) is 3. The van der Waals surface area contributed by atoms with Gasteiger partial charge in [0.25, 0.3) is 5.71 Å². The van der Waals surface area contributed by atoms with Crippen LogP contribution in [0.3, 0.4) is 0 Å². The van der Waals surface area contributed by atoms with Crippen LogP contribution in [-0.2, 0) is 0 Å². The minimum atomic E-state index is 0.500. The van der Waals surface area contributed by atoms with Gasteiger partial charge in [0.2, 0.25) is 0 Å². The third-order valence-corrected chi connectivity index (χ3v) is 1.28. The smallest absolute Gasteiger partial charge is 0.276 e. The minimum absolute atomic E-state index is 0.500. The van der Waals surface area contributed by atoms with Crippen LogP contribution in [0.15, 0.2) is 16.9 Å². The van der Waals surface area contributed by atoms with E-state index in [9.17, 15) is 0 Å². The Morgan fingerprint density at radius 2 is 1.83 bits per heavy atom. The van der Waals surface area contributed by atoms with Gasteiger partial charge in [-0.2, -0.15) is 0 Å². The van der Waals surface area contributed by atoms with Gasteiger partial charge in [-0.05, 0) is 6.92 Å². The molecule has 4 heteroatoms. The maximum Gasteiger partial charge on any atom is 0.276 e. The second-order valence-electron chi connectivity index (χ2n) is 1.98. The van der Waals surface area contributed by atoms with Gasteiger partial charge >= 0.3 is 0 Å². The molecule has 0 bridgehead atoms. The van der Waals surface area contributed by atoms with Crippen molar-refractivity contribution in [1.82, 2.24) is 15.1 Å². The van der Waals surface area contributed by atoms with Gasteiger partial charge < -0.3 is 4.52 Å². The lowest BCUT2D eigenvalue weighted by molar-refractivity contribution is 0.443. The quantitative estimate of drug-likeness (QED) is 0.598. The fourth-order valence-electron chi connectivity index (χ4n) is 0.795. The Balaban J connectivity index is 0.000000336. The highest BCUT2D eigenvalue weighted by Crippen LogP contribution is 2.09. The van der Waals surface area contributed by atoms with Crippen LogP contribution < -0.4 is 0 Å². The normalized spacial score (nSPS) is 9.25. The summed E-state index contributed by atoms with van der Waals surface area (Å²) in [5.41, 5.74) is 2.02. The van der Waals surface area contributed by atoms with Crippen molar-refractivity contribution in [1.29, 1.82) is 0 Å². The van der Waals surface area contributed by atoms with Crippen molar-refractivity contribution in [3.63, 3.8) is 0 Å². The molecule has 0 N–H and O–H groups in total. The lowest BCUT2D eigenvalue weighted by Crippen LogP contribution is -1.77. The van der Waals surface area contributed by atoms with Gasteiger partial charge in [-0.25, -0.2) is 9.97 Å². The lowest BCUT2D eigenvalue weighted by Gasteiger charge is -1.80. The molecule has 0 fully saturated rings. The van der Waals surface area contributed by atoms with E-state index >= 15 is 0 Å². The number of aromatic nitrogens is 3. The molecule has 0 atom stereocenters. The van der Waals surface area contributed by atoms with Crippen molar-refractivity contribution >= 4 is 11.2 Å². The van der Waals surface area contributed by atoms with Crippen LogP contribution in [0.1, 0.15) is 19.5 Å². The number of rotatable bonds is 0. The topological polar surface area (TPSA) is 51.8 Å². The van der Waals surface area contributed by atoms with E-state index in [0.29, 0.717) is 5.71 Å². The van der Waals surface area contributed by atoms with Gasteiger partial charge in [0.1, 0.15) is 5.69 Å². The summed E-state index contributed by atoms with van der Waals surface area (Å²) >= 11 is 0.